The third-order valence-corrected chi connectivity index (χ3v) is 3.26. The summed E-state index contributed by atoms with van der Waals surface area (Å²) in [5, 5.41) is 13.6. The molecule has 1 heterocycles. The van der Waals surface area contributed by atoms with Gasteiger partial charge in [0.05, 0.1) is 23.7 Å². The smallest absolute Gasteiger partial charge is 0.330 e. The molecule has 0 unspecified atom stereocenters. The van der Waals surface area contributed by atoms with Crippen LogP contribution in [0.5, 0.6) is 11.5 Å². The van der Waals surface area contributed by atoms with E-state index in [4.69, 9.17) is 9.47 Å². The fourth-order valence-corrected chi connectivity index (χ4v) is 2.06. The number of carbonyl (C=O) groups is 2. The van der Waals surface area contributed by atoms with Crippen LogP contribution in [-0.4, -0.2) is 36.2 Å². The monoisotopic (exact) mass is 336 g/mol. The van der Waals surface area contributed by atoms with Crippen molar-refractivity contribution in [1.82, 2.24) is 5.32 Å². The Morgan fingerprint density at radius 3 is 2.54 bits per heavy atom. The standard InChI is InChI=1S/C15H16N2O7/c1-15(2,14(19)22-3)16-13(18)5-4-9-6-11-12(24-8-23-11)7-10(9)17(20)21/h4-7H,8H2,1-3H3,(H,16,18)/b5-4+. The Bertz CT molecular complexity index is 725. The van der Waals surface area contributed by atoms with Gasteiger partial charge in [0.25, 0.3) is 5.69 Å². The van der Waals surface area contributed by atoms with E-state index in [0.29, 0.717) is 5.75 Å². The third-order valence-electron chi connectivity index (χ3n) is 3.26. The van der Waals surface area contributed by atoms with E-state index in [1.807, 2.05) is 0 Å². The molecule has 1 N–H and O–H groups in total. The maximum atomic E-state index is 11.9. The van der Waals surface area contributed by atoms with Crippen LogP contribution in [0.2, 0.25) is 0 Å². The zero-order chi connectivity index (χ0) is 17.9. The summed E-state index contributed by atoms with van der Waals surface area (Å²) < 4.78 is 14.8. The first-order valence-electron chi connectivity index (χ1n) is 6.91. The summed E-state index contributed by atoms with van der Waals surface area (Å²) in [7, 11) is 1.21. The molecule has 0 aliphatic carbocycles. The molecular weight excluding hydrogens is 320 g/mol. The lowest BCUT2D eigenvalue weighted by molar-refractivity contribution is -0.385. The highest BCUT2D eigenvalue weighted by Gasteiger charge is 2.30. The minimum Gasteiger partial charge on any atom is -0.467 e. The fourth-order valence-electron chi connectivity index (χ4n) is 2.06. The van der Waals surface area contributed by atoms with E-state index in [-0.39, 0.29) is 23.8 Å². The lowest BCUT2D eigenvalue weighted by atomic mass is 10.1. The van der Waals surface area contributed by atoms with Crippen LogP contribution in [0.3, 0.4) is 0 Å². The van der Waals surface area contributed by atoms with Crippen LogP contribution in [0.4, 0.5) is 5.69 Å². The summed E-state index contributed by atoms with van der Waals surface area (Å²) in [5.41, 5.74) is -1.28. The second-order valence-electron chi connectivity index (χ2n) is 5.46. The van der Waals surface area contributed by atoms with Gasteiger partial charge in [-0.15, -0.1) is 0 Å². The number of nitro benzene ring substituents is 1. The first kappa shape index (κ1) is 17.3. The highest BCUT2D eigenvalue weighted by atomic mass is 16.7. The van der Waals surface area contributed by atoms with Gasteiger partial charge in [-0.25, -0.2) is 4.79 Å². The van der Waals surface area contributed by atoms with Crippen molar-refractivity contribution in [3.05, 3.63) is 33.9 Å². The van der Waals surface area contributed by atoms with Crippen LogP contribution in [0.25, 0.3) is 6.08 Å². The molecule has 0 fully saturated rings. The molecule has 0 saturated carbocycles. The molecule has 9 heteroatoms. The summed E-state index contributed by atoms with van der Waals surface area (Å²) in [6, 6.07) is 2.65. The van der Waals surface area contributed by atoms with Gasteiger partial charge in [0, 0.05) is 6.08 Å². The molecule has 0 aromatic heterocycles. The molecule has 0 atom stereocenters. The van der Waals surface area contributed by atoms with Crippen molar-refractivity contribution in [2.24, 2.45) is 0 Å². The van der Waals surface area contributed by atoms with E-state index in [1.54, 1.807) is 0 Å². The Kier molecular flexibility index (Phi) is 4.72. The van der Waals surface area contributed by atoms with Gasteiger partial charge < -0.3 is 19.5 Å². The van der Waals surface area contributed by atoms with Gasteiger partial charge in [0.2, 0.25) is 12.7 Å². The molecule has 1 amide bonds. The predicted molar refractivity (Wildman–Crippen MR) is 82.5 cm³/mol. The van der Waals surface area contributed by atoms with Gasteiger partial charge in [-0.05, 0) is 26.0 Å². The molecule has 2 rings (SSSR count). The summed E-state index contributed by atoms with van der Waals surface area (Å²) in [6.07, 6.45) is 2.36. The van der Waals surface area contributed by atoms with Crippen molar-refractivity contribution >= 4 is 23.6 Å². The van der Waals surface area contributed by atoms with Crippen molar-refractivity contribution in [3.63, 3.8) is 0 Å². The van der Waals surface area contributed by atoms with Gasteiger partial charge in [0.1, 0.15) is 5.54 Å². The van der Waals surface area contributed by atoms with Crippen LogP contribution in [0.15, 0.2) is 18.2 Å². The predicted octanol–water partition coefficient (Wildman–Crippen LogP) is 1.40. The van der Waals surface area contributed by atoms with Gasteiger partial charge in [-0.2, -0.15) is 0 Å². The van der Waals surface area contributed by atoms with Crippen LogP contribution in [-0.2, 0) is 14.3 Å². The zero-order valence-corrected chi connectivity index (χ0v) is 13.3. The number of hydrogen-bond donors (Lipinski definition) is 1. The Hall–Kier alpha value is -3.10. The van der Waals surface area contributed by atoms with E-state index in [9.17, 15) is 19.7 Å². The SMILES string of the molecule is COC(=O)C(C)(C)NC(=O)/C=C/c1cc2c(cc1[N+](=O)[O-])OCO2. The maximum Gasteiger partial charge on any atom is 0.330 e. The number of benzene rings is 1. The average Bonchev–Trinajstić information content (AvgIpc) is 2.97. The Morgan fingerprint density at radius 2 is 1.96 bits per heavy atom. The number of amides is 1. The number of nitro groups is 1. The van der Waals surface area contributed by atoms with Crippen molar-refractivity contribution < 1.29 is 28.7 Å². The molecule has 24 heavy (non-hydrogen) atoms. The lowest BCUT2D eigenvalue weighted by Crippen LogP contribution is -2.49. The van der Waals surface area contributed by atoms with Crippen LogP contribution in [0.1, 0.15) is 19.4 Å². The second kappa shape index (κ2) is 6.57. The summed E-state index contributed by atoms with van der Waals surface area (Å²) in [5.74, 6) is -0.582. The highest BCUT2D eigenvalue weighted by Crippen LogP contribution is 2.38. The van der Waals surface area contributed by atoms with Gasteiger partial charge in [-0.3, -0.25) is 14.9 Å². The van der Waals surface area contributed by atoms with Gasteiger partial charge in [-0.1, -0.05) is 0 Å². The lowest BCUT2D eigenvalue weighted by Gasteiger charge is -2.22. The third kappa shape index (κ3) is 3.62. The fraction of sp³-hybridized carbons (Fsp3) is 0.333. The molecule has 1 aliphatic rings. The molecule has 1 aromatic rings. The molecular formula is C15H16N2O7. The minimum atomic E-state index is -1.23. The van der Waals surface area contributed by atoms with Crippen LogP contribution in [0, 0.1) is 10.1 Å². The van der Waals surface area contributed by atoms with E-state index in [2.05, 4.69) is 10.1 Å². The van der Waals surface area contributed by atoms with Crippen molar-refractivity contribution in [1.29, 1.82) is 0 Å². The number of rotatable bonds is 5. The Labute approximate surface area is 137 Å². The van der Waals surface area contributed by atoms with E-state index < -0.39 is 22.3 Å². The van der Waals surface area contributed by atoms with Crippen LogP contribution >= 0.6 is 0 Å². The molecule has 0 radical (unpaired) electrons. The van der Waals surface area contributed by atoms with E-state index in [1.165, 1.54) is 39.2 Å². The second-order valence-corrected chi connectivity index (χ2v) is 5.46. The average molecular weight is 336 g/mol. The summed E-state index contributed by atoms with van der Waals surface area (Å²) in [6.45, 7) is 2.94. The number of ether oxygens (including phenoxy) is 3. The Morgan fingerprint density at radius 1 is 1.33 bits per heavy atom. The number of nitrogens with zero attached hydrogens (tertiary/aromatic N) is 1. The maximum absolute atomic E-state index is 11.9. The van der Waals surface area contributed by atoms with E-state index in [0.717, 1.165) is 6.08 Å². The summed E-state index contributed by atoms with van der Waals surface area (Å²) in [4.78, 5) is 34.0. The topological polar surface area (TPSA) is 117 Å². The molecule has 9 nitrogen and oxygen atoms in total. The Balaban J connectivity index is 2.21. The number of carbonyl (C=O) groups excluding carboxylic acids is 2. The first-order chi connectivity index (χ1) is 11.2. The first-order valence-corrected chi connectivity index (χ1v) is 6.91. The normalized spacial score (nSPS) is 13.0. The van der Waals surface area contributed by atoms with Gasteiger partial charge in [0.15, 0.2) is 11.5 Å². The van der Waals surface area contributed by atoms with Crippen molar-refractivity contribution in [3.8, 4) is 11.5 Å². The highest BCUT2D eigenvalue weighted by molar-refractivity contribution is 5.96. The largest absolute Gasteiger partial charge is 0.467 e. The van der Waals surface area contributed by atoms with Crippen LogP contribution < -0.4 is 14.8 Å². The van der Waals surface area contributed by atoms with Gasteiger partial charge >= 0.3 is 5.97 Å². The molecule has 0 spiro atoms. The van der Waals surface area contributed by atoms with Crippen molar-refractivity contribution in [2.45, 2.75) is 19.4 Å². The molecule has 1 aliphatic heterocycles. The molecule has 1 aromatic carbocycles. The molecule has 128 valence electrons. The quantitative estimate of drug-likeness (QED) is 0.374. The minimum absolute atomic E-state index is 0.0204. The van der Waals surface area contributed by atoms with Crippen molar-refractivity contribution in [2.75, 3.05) is 13.9 Å². The number of methoxy groups -OCH3 is 1. The zero-order valence-electron chi connectivity index (χ0n) is 13.3. The summed E-state index contributed by atoms with van der Waals surface area (Å²) >= 11 is 0. The number of esters is 1. The van der Waals surface area contributed by atoms with E-state index >= 15 is 0 Å². The number of hydrogen-bond acceptors (Lipinski definition) is 7. The molecule has 0 bridgehead atoms. The molecule has 0 saturated heterocycles. The number of nitrogens with one attached hydrogen (secondary N) is 1. The number of fused-ring (bicyclic) bond motifs is 1.